The van der Waals surface area contributed by atoms with Gasteiger partial charge in [-0.25, -0.2) is 14.6 Å². The molecule has 0 N–H and O–H groups in total. The van der Waals surface area contributed by atoms with Gasteiger partial charge in [-0.2, -0.15) is 5.10 Å². The Bertz CT molecular complexity index is 814. The summed E-state index contributed by atoms with van der Waals surface area (Å²) in [5, 5.41) is 6.28. The number of nitrogens with zero attached hydrogens (tertiary/aromatic N) is 5. The van der Waals surface area contributed by atoms with Gasteiger partial charge < -0.3 is 9.64 Å². The molecule has 0 spiro atoms. The Morgan fingerprint density at radius 2 is 1.87 bits per heavy atom. The van der Waals surface area contributed by atoms with E-state index in [1.54, 1.807) is 11.8 Å². The lowest BCUT2D eigenvalue weighted by Crippen LogP contribution is -2.37. The first-order chi connectivity index (χ1) is 11.4. The third-order valence-corrected chi connectivity index (χ3v) is 4.43. The number of ether oxygens (including phenoxy) is 1. The summed E-state index contributed by atoms with van der Waals surface area (Å²) in [4.78, 5) is 11.7. The number of rotatable bonds is 3. The fourth-order valence-electron chi connectivity index (χ4n) is 2.74. The maximum Gasteiger partial charge on any atom is 0.191 e. The monoisotopic (exact) mass is 327 g/mol. The van der Waals surface area contributed by atoms with E-state index in [1.165, 1.54) is 0 Å². The van der Waals surface area contributed by atoms with Crippen molar-refractivity contribution in [2.75, 3.05) is 37.5 Å². The van der Waals surface area contributed by atoms with Crippen LogP contribution in [0.15, 0.2) is 41.7 Å². The van der Waals surface area contributed by atoms with E-state index in [2.05, 4.69) is 15.0 Å². The van der Waals surface area contributed by atoms with Crippen LogP contribution in [0.2, 0.25) is 0 Å². The second-order valence-corrected chi connectivity index (χ2v) is 6.04. The largest absolute Gasteiger partial charge is 0.378 e. The van der Waals surface area contributed by atoms with Gasteiger partial charge in [-0.3, -0.25) is 0 Å². The highest BCUT2D eigenvalue weighted by Gasteiger charge is 2.20. The maximum absolute atomic E-state index is 5.45. The normalized spacial score (nSPS) is 15.3. The van der Waals surface area contributed by atoms with Crippen molar-refractivity contribution in [3.63, 3.8) is 0 Å². The standard InChI is InChI=1S/C16H17N5OS/c1-23-16-18-14(20-7-9-22-10-8-20)13-11-17-21(15(13)19-16)12-5-3-2-4-6-12/h2-6,11H,7-10H2,1H3. The van der Waals surface area contributed by atoms with Crippen LogP contribution >= 0.6 is 11.8 Å². The zero-order chi connectivity index (χ0) is 15.6. The Balaban J connectivity index is 1.89. The Hall–Kier alpha value is -2.12. The fraction of sp³-hybridized carbons (Fsp3) is 0.312. The maximum atomic E-state index is 5.45. The Morgan fingerprint density at radius 1 is 1.09 bits per heavy atom. The van der Waals surface area contributed by atoms with Crippen LogP contribution in [0.4, 0.5) is 5.82 Å². The minimum atomic E-state index is 0.729. The van der Waals surface area contributed by atoms with Crippen molar-refractivity contribution in [2.24, 2.45) is 0 Å². The first kappa shape index (κ1) is 14.5. The molecule has 4 rings (SSSR count). The molecule has 7 heteroatoms. The highest BCUT2D eigenvalue weighted by Crippen LogP contribution is 2.28. The number of thioether (sulfide) groups is 1. The highest BCUT2D eigenvalue weighted by molar-refractivity contribution is 7.98. The third kappa shape index (κ3) is 2.66. The SMILES string of the molecule is CSc1nc(N2CCOCC2)c2cnn(-c3ccccc3)c2n1. The molecule has 0 unspecified atom stereocenters. The number of benzene rings is 1. The lowest BCUT2D eigenvalue weighted by Gasteiger charge is -2.28. The predicted molar refractivity (Wildman–Crippen MR) is 91.5 cm³/mol. The molecule has 0 saturated carbocycles. The van der Waals surface area contributed by atoms with Gasteiger partial charge in [0.15, 0.2) is 10.8 Å². The first-order valence-electron chi connectivity index (χ1n) is 7.54. The molecule has 3 aromatic rings. The van der Waals surface area contributed by atoms with Crippen LogP contribution in [0, 0.1) is 0 Å². The molecule has 6 nitrogen and oxygen atoms in total. The van der Waals surface area contributed by atoms with Gasteiger partial charge in [-0.15, -0.1) is 0 Å². The Morgan fingerprint density at radius 3 is 2.61 bits per heavy atom. The van der Waals surface area contributed by atoms with E-state index < -0.39 is 0 Å². The van der Waals surface area contributed by atoms with Crippen molar-refractivity contribution >= 4 is 28.6 Å². The average Bonchev–Trinajstić information content (AvgIpc) is 3.06. The molecule has 118 valence electrons. The van der Waals surface area contributed by atoms with Gasteiger partial charge in [-0.1, -0.05) is 30.0 Å². The molecule has 23 heavy (non-hydrogen) atoms. The van der Waals surface area contributed by atoms with E-state index >= 15 is 0 Å². The molecular weight excluding hydrogens is 310 g/mol. The summed E-state index contributed by atoms with van der Waals surface area (Å²) < 4.78 is 7.33. The van der Waals surface area contributed by atoms with Gasteiger partial charge in [0.2, 0.25) is 0 Å². The third-order valence-electron chi connectivity index (χ3n) is 3.88. The molecule has 1 saturated heterocycles. The van der Waals surface area contributed by atoms with Crippen LogP contribution in [0.3, 0.4) is 0 Å². The molecule has 0 amide bonds. The van der Waals surface area contributed by atoms with Gasteiger partial charge in [0.05, 0.1) is 30.5 Å². The second-order valence-electron chi connectivity index (χ2n) is 5.26. The fourth-order valence-corrected chi connectivity index (χ4v) is 3.09. The van der Waals surface area contributed by atoms with Crippen LogP contribution in [0.25, 0.3) is 16.7 Å². The summed E-state index contributed by atoms with van der Waals surface area (Å²) in [5.41, 5.74) is 1.85. The van der Waals surface area contributed by atoms with Crippen molar-refractivity contribution in [3.05, 3.63) is 36.5 Å². The minimum Gasteiger partial charge on any atom is -0.378 e. The molecule has 1 aromatic carbocycles. The smallest absolute Gasteiger partial charge is 0.191 e. The molecule has 0 radical (unpaired) electrons. The van der Waals surface area contributed by atoms with Crippen molar-refractivity contribution in [3.8, 4) is 5.69 Å². The number of para-hydroxylation sites is 1. The Kier molecular flexibility index (Phi) is 3.88. The number of anilines is 1. The zero-order valence-electron chi connectivity index (χ0n) is 12.8. The summed E-state index contributed by atoms with van der Waals surface area (Å²) in [7, 11) is 0. The molecule has 1 fully saturated rings. The van der Waals surface area contributed by atoms with Gasteiger partial charge in [0.25, 0.3) is 0 Å². The highest BCUT2D eigenvalue weighted by atomic mass is 32.2. The van der Waals surface area contributed by atoms with E-state index in [0.717, 1.165) is 54.0 Å². The van der Waals surface area contributed by atoms with Crippen LogP contribution < -0.4 is 4.90 Å². The van der Waals surface area contributed by atoms with Gasteiger partial charge in [0, 0.05) is 13.1 Å². The quantitative estimate of drug-likeness (QED) is 0.544. The number of morpholine rings is 1. The summed E-state index contributed by atoms with van der Waals surface area (Å²) >= 11 is 1.55. The molecule has 3 heterocycles. The van der Waals surface area contributed by atoms with E-state index in [9.17, 15) is 0 Å². The van der Waals surface area contributed by atoms with Crippen molar-refractivity contribution in [1.82, 2.24) is 19.7 Å². The van der Waals surface area contributed by atoms with Crippen LogP contribution in [-0.2, 0) is 4.74 Å². The number of aromatic nitrogens is 4. The molecule has 2 aromatic heterocycles. The molecule has 0 aliphatic carbocycles. The van der Waals surface area contributed by atoms with Gasteiger partial charge in [0.1, 0.15) is 5.82 Å². The lowest BCUT2D eigenvalue weighted by atomic mass is 10.3. The Labute approximate surface area is 138 Å². The average molecular weight is 327 g/mol. The lowest BCUT2D eigenvalue weighted by molar-refractivity contribution is 0.122. The summed E-state index contributed by atoms with van der Waals surface area (Å²) in [6, 6.07) is 10.1. The van der Waals surface area contributed by atoms with Gasteiger partial charge >= 0.3 is 0 Å². The molecule has 0 bridgehead atoms. The minimum absolute atomic E-state index is 0.729. The van der Waals surface area contributed by atoms with E-state index in [4.69, 9.17) is 9.72 Å². The number of hydrogen-bond donors (Lipinski definition) is 0. The summed E-state index contributed by atoms with van der Waals surface area (Å²) in [6.07, 6.45) is 3.85. The summed E-state index contributed by atoms with van der Waals surface area (Å²) in [5.74, 6) is 0.949. The molecule has 1 aliphatic rings. The molecule has 0 atom stereocenters. The second kappa shape index (κ2) is 6.17. The van der Waals surface area contributed by atoms with Crippen molar-refractivity contribution in [1.29, 1.82) is 0 Å². The van der Waals surface area contributed by atoms with Crippen molar-refractivity contribution in [2.45, 2.75) is 5.16 Å². The van der Waals surface area contributed by atoms with E-state index in [0.29, 0.717) is 0 Å². The number of hydrogen-bond acceptors (Lipinski definition) is 6. The first-order valence-corrected chi connectivity index (χ1v) is 8.77. The van der Waals surface area contributed by atoms with E-state index in [-0.39, 0.29) is 0 Å². The topological polar surface area (TPSA) is 56.1 Å². The number of fused-ring (bicyclic) bond motifs is 1. The van der Waals surface area contributed by atoms with Gasteiger partial charge in [-0.05, 0) is 18.4 Å². The van der Waals surface area contributed by atoms with Crippen LogP contribution in [-0.4, -0.2) is 52.3 Å². The predicted octanol–water partition coefficient (Wildman–Crippen LogP) is 2.37. The molecular formula is C16H17N5OS. The van der Waals surface area contributed by atoms with E-state index in [1.807, 2.05) is 47.5 Å². The van der Waals surface area contributed by atoms with Crippen molar-refractivity contribution < 1.29 is 4.74 Å². The molecule has 1 aliphatic heterocycles. The van der Waals surface area contributed by atoms with Crippen LogP contribution in [0.5, 0.6) is 0 Å². The van der Waals surface area contributed by atoms with Crippen LogP contribution in [0.1, 0.15) is 0 Å². The summed E-state index contributed by atoms with van der Waals surface area (Å²) in [6.45, 7) is 3.15. The zero-order valence-corrected chi connectivity index (χ0v) is 13.7.